The molecule has 0 spiro atoms. The standard InChI is InChI=1S/C12H12N2O2/c1-8-4-5-9(11(15)7-8)14-12(16)10-3-2-6-13-10/h2-7,13,15H,1H3,(H,14,16). The molecule has 82 valence electrons. The summed E-state index contributed by atoms with van der Waals surface area (Å²) in [6.45, 7) is 1.87. The molecule has 3 N–H and O–H groups in total. The van der Waals surface area contributed by atoms with Crippen LogP contribution in [0.25, 0.3) is 0 Å². The van der Waals surface area contributed by atoms with Crippen molar-refractivity contribution in [1.82, 2.24) is 4.98 Å². The lowest BCUT2D eigenvalue weighted by Gasteiger charge is -2.06. The summed E-state index contributed by atoms with van der Waals surface area (Å²) in [6.07, 6.45) is 1.67. The Morgan fingerprint density at radius 2 is 2.19 bits per heavy atom. The summed E-state index contributed by atoms with van der Waals surface area (Å²) in [6, 6.07) is 8.50. The predicted molar refractivity (Wildman–Crippen MR) is 61.6 cm³/mol. The van der Waals surface area contributed by atoms with Crippen LogP contribution < -0.4 is 5.32 Å². The third-order valence-corrected chi connectivity index (χ3v) is 2.24. The van der Waals surface area contributed by atoms with Gasteiger partial charge in [0.05, 0.1) is 5.69 Å². The first-order valence-electron chi connectivity index (χ1n) is 4.91. The van der Waals surface area contributed by atoms with Crippen LogP contribution in [0, 0.1) is 6.92 Å². The van der Waals surface area contributed by atoms with E-state index in [9.17, 15) is 9.90 Å². The molecule has 1 aromatic heterocycles. The molecule has 1 amide bonds. The van der Waals surface area contributed by atoms with Crippen molar-refractivity contribution in [3.63, 3.8) is 0 Å². The van der Waals surface area contributed by atoms with Crippen molar-refractivity contribution in [1.29, 1.82) is 0 Å². The Balaban J connectivity index is 2.18. The average Bonchev–Trinajstić information content (AvgIpc) is 2.75. The molecule has 0 aliphatic carbocycles. The number of benzene rings is 1. The number of aromatic hydroxyl groups is 1. The lowest BCUT2D eigenvalue weighted by atomic mass is 10.2. The minimum atomic E-state index is -0.274. The van der Waals surface area contributed by atoms with Gasteiger partial charge in [-0.15, -0.1) is 0 Å². The summed E-state index contributed by atoms with van der Waals surface area (Å²) in [5, 5.41) is 12.2. The zero-order valence-corrected chi connectivity index (χ0v) is 8.82. The highest BCUT2D eigenvalue weighted by Gasteiger charge is 2.08. The molecule has 4 heteroatoms. The van der Waals surface area contributed by atoms with Crippen LogP contribution in [0.5, 0.6) is 5.75 Å². The van der Waals surface area contributed by atoms with Crippen LogP contribution in [0.2, 0.25) is 0 Å². The van der Waals surface area contributed by atoms with Crippen LogP contribution >= 0.6 is 0 Å². The van der Waals surface area contributed by atoms with Gasteiger partial charge < -0.3 is 15.4 Å². The Bertz CT molecular complexity index is 504. The molecule has 2 rings (SSSR count). The van der Waals surface area contributed by atoms with Gasteiger partial charge in [0.25, 0.3) is 5.91 Å². The largest absolute Gasteiger partial charge is 0.506 e. The molecule has 0 bridgehead atoms. The van der Waals surface area contributed by atoms with Crippen molar-refractivity contribution < 1.29 is 9.90 Å². The number of carbonyl (C=O) groups is 1. The number of aromatic amines is 1. The number of aromatic nitrogens is 1. The molecule has 1 heterocycles. The fourth-order valence-electron chi connectivity index (χ4n) is 1.41. The van der Waals surface area contributed by atoms with Crippen molar-refractivity contribution in [2.75, 3.05) is 5.32 Å². The summed E-state index contributed by atoms with van der Waals surface area (Å²) < 4.78 is 0. The maximum Gasteiger partial charge on any atom is 0.272 e. The Hall–Kier alpha value is -2.23. The van der Waals surface area contributed by atoms with E-state index < -0.39 is 0 Å². The highest BCUT2D eigenvalue weighted by Crippen LogP contribution is 2.24. The minimum Gasteiger partial charge on any atom is -0.506 e. The maximum absolute atomic E-state index is 11.7. The lowest BCUT2D eigenvalue weighted by molar-refractivity contribution is 0.102. The van der Waals surface area contributed by atoms with E-state index in [2.05, 4.69) is 10.3 Å². The van der Waals surface area contributed by atoms with Crippen LogP contribution in [-0.2, 0) is 0 Å². The normalized spacial score (nSPS) is 10.1. The van der Waals surface area contributed by atoms with Crippen molar-refractivity contribution in [2.45, 2.75) is 6.92 Å². The first-order chi connectivity index (χ1) is 7.66. The molecule has 0 aliphatic heterocycles. The van der Waals surface area contributed by atoms with E-state index in [0.717, 1.165) is 5.56 Å². The topological polar surface area (TPSA) is 65.1 Å². The van der Waals surface area contributed by atoms with Gasteiger partial charge >= 0.3 is 0 Å². The molecule has 1 aromatic carbocycles. The highest BCUT2D eigenvalue weighted by molar-refractivity contribution is 6.03. The van der Waals surface area contributed by atoms with E-state index in [1.54, 1.807) is 30.5 Å². The highest BCUT2D eigenvalue weighted by atomic mass is 16.3. The predicted octanol–water partition coefficient (Wildman–Crippen LogP) is 2.28. The number of H-pyrrole nitrogens is 1. The number of aryl methyl sites for hydroxylation is 1. The quantitative estimate of drug-likeness (QED) is 0.674. The number of nitrogens with one attached hydrogen (secondary N) is 2. The van der Waals surface area contributed by atoms with Crippen LogP contribution in [0.1, 0.15) is 16.1 Å². The van der Waals surface area contributed by atoms with E-state index in [1.807, 2.05) is 13.0 Å². The molecular formula is C12H12N2O2. The van der Waals surface area contributed by atoms with Gasteiger partial charge in [-0.25, -0.2) is 0 Å². The number of hydrogen-bond donors (Lipinski definition) is 3. The SMILES string of the molecule is Cc1ccc(NC(=O)c2ccc[nH]2)c(O)c1. The second kappa shape index (κ2) is 4.10. The summed E-state index contributed by atoms with van der Waals surface area (Å²) in [7, 11) is 0. The molecule has 0 aliphatic rings. The van der Waals surface area contributed by atoms with Gasteiger partial charge in [0, 0.05) is 6.20 Å². The molecule has 2 aromatic rings. The van der Waals surface area contributed by atoms with Gasteiger partial charge in [0.15, 0.2) is 0 Å². The zero-order chi connectivity index (χ0) is 11.5. The zero-order valence-electron chi connectivity index (χ0n) is 8.82. The second-order valence-electron chi connectivity index (χ2n) is 3.56. The fourth-order valence-corrected chi connectivity index (χ4v) is 1.41. The van der Waals surface area contributed by atoms with E-state index >= 15 is 0 Å². The number of phenols is 1. The van der Waals surface area contributed by atoms with Crippen molar-refractivity contribution >= 4 is 11.6 Å². The molecule has 0 radical (unpaired) electrons. The summed E-state index contributed by atoms with van der Waals surface area (Å²) in [4.78, 5) is 14.5. The lowest BCUT2D eigenvalue weighted by Crippen LogP contribution is -2.12. The average molecular weight is 216 g/mol. The molecule has 16 heavy (non-hydrogen) atoms. The number of hydrogen-bond acceptors (Lipinski definition) is 2. The Kier molecular flexibility index (Phi) is 2.64. The van der Waals surface area contributed by atoms with E-state index in [-0.39, 0.29) is 11.7 Å². The molecular weight excluding hydrogens is 204 g/mol. The third-order valence-electron chi connectivity index (χ3n) is 2.24. The Morgan fingerprint density at radius 1 is 1.38 bits per heavy atom. The van der Waals surface area contributed by atoms with Gasteiger partial charge in [-0.05, 0) is 36.8 Å². The number of phenolic OH excluding ortho intramolecular Hbond substituents is 1. The maximum atomic E-state index is 11.7. The molecule has 0 saturated heterocycles. The van der Waals surface area contributed by atoms with Crippen molar-refractivity contribution in [2.24, 2.45) is 0 Å². The Morgan fingerprint density at radius 3 is 2.81 bits per heavy atom. The van der Waals surface area contributed by atoms with Crippen LogP contribution in [0.3, 0.4) is 0 Å². The van der Waals surface area contributed by atoms with Gasteiger partial charge in [-0.2, -0.15) is 0 Å². The summed E-state index contributed by atoms with van der Waals surface area (Å²) in [5.41, 5.74) is 1.81. The fraction of sp³-hybridized carbons (Fsp3) is 0.0833. The molecule has 0 saturated carbocycles. The van der Waals surface area contributed by atoms with Crippen LogP contribution in [0.4, 0.5) is 5.69 Å². The van der Waals surface area contributed by atoms with Crippen molar-refractivity contribution in [3.8, 4) is 5.75 Å². The third kappa shape index (κ3) is 2.06. The molecule has 0 atom stereocenters. The minimum absolute atomic E-state index is 0.0694. The number of amides is 1. The van der Waals surface area contributed by atoms with E-state index in [1.165, 1.54) is 0 Å². The second-order valence-corrected chi connectivity index (χ2v) is 3.56. The van der Waals surface area contributed by atoms with Crippen molar-refractivity contribution in [3.05, 3.63) is 47.8 Å². The molecule has 0 unspecified atom stereocenters. The van der Waals surface area contributed by atoms with Crippen LogP contribution in [0.15, 0.2) is 36.5 Å². The van der Waals surface area contributed by atoms with E-state index in [4.69, 9.17) is 0 Å². The molecule has 0 fully saturated rings. The van der Waals surface area contributed by atoms with Gasteiger partial charge in [-0.1, -0.05) is 6.07 Å². The monoisotopic (exact) mass is 216 g/mol. The summed E-state index contributed by atoms with van der Waals surface area (Å²) >= 11 is 0. The van der Waals surface area contributed by atoms with Gasteiger partial charge in [0.1, 0.15) is 11.4 Å². The van der Waals surface area contributed by atoms with Crippen LogP contribution in [-0.4, -0.2) is 16.0 Å². The smallest absolute Gasteiger partial charge is 0.272 e. The van der Waals surface area contributed by atoms with E-state index in [0.29, 0.717) is 11.4 Å². The summed E-state index contributed by atoms with van der Waals surface area (Å²) in [5.74, 6) is -0.205. The first-order valence-corrected chi connectivity index (χ1v) is 4.91. The number of anilines is 1. The van der Waals surface area contributed by atoms with Gasteiger partial charge in [0.2, 0.25) is 0 Å². The number of rotatable bonds is 2. The number of carbonyl (C=O) groups excluding carboxylic acids is 1. The first kappa shape index (κ1) is 10.3. The van der Waals surface area contributed by atoms with Gasteiger partial charge in [-0.3, -0.25) is 4.79 Å². The Labute approximate surface area is 92.9 Å². The molecule has 4 nitrogen and oxygen atoms in total.